The smallest absolute Gasteiger partial charge is 0.227 e. The standard InChI is InChI=1S/C11H10BrCl2NOS/c12-7-1-2-8(11(14)10(7)13)15-4-6(5-17)3-9(15)16/h1-2,6,17H,3-5H2. The van der Waals surface area contributed by atoms with Gasteiger partial charge in [0.1, 0.15) is 0 Å². The van der Waals surface area contributed by atoms with Crippen molar-refractivity contribution in [3.63, 3.8) is 0 Å². The molecule has 0 radical (unpaired) electrons. The maximum Gasteiger partial charge on any atom is 0.227 e. The molecule has 17 heavy (non-hydrogen) atoms. The largest absolute Gasteiger partial charge is 0.311 e. The Morgan fingerprint density at radius 2 is 2.12 bits per heavy atom. The van der Waals surface area contributed by atoms with E-state index in [-0.39, 0.29) is 11.8 Å². The zero-order chi connectivity index (χ0) is 12.6. The summed E-state index contributed by atoms with van der Waals surface area (Å²) in [5.41, 5.74) is 0.675. The third-order valence-electron chi connectivity index (χ3n) is 2.77. The van der Waals surface area contributed by atoms with Crippen molar-refractivity contribution in [3.05, 3.63) is 26.7 Å². The first-order valence-electron chi connectivity index (χ1n) is 5.09. The first-order chi connectivity index (χ1) is 8.04. The summed E-state index contributed by atoms with van der Waals surface area (Å²) in [4.78, 5) is 13.6. The molecule has 92 valence electrons. The number of amides is 1. The molecule has 2 rings (SSSR count). The van der Waals surface area contributed by atoms with E-state index in [0.717, 1.165) is 4.47 Å². The molecule has 1 unspecified atom stereocenters. The van der Waals surface area contributed by atoms with Gasteiger partial charge in [0.2, 0.25) is 5.91 Å². The molecule has 1 amide bonds. The van der Waals surface area contributed by atoms with E-state index in [2.05, 4.69) is 28.6 Å². The molecule has 2 nitrogen and oxygen atoms in total. The average Bonchev–Trinajstić information content (AvgIpc) is 2.68. The highest BCUT2D eigenvalue weighted by Gasteiger charge is 2.31. The van der Waals surface area contributed by atoms with Crippen molar-refractivity contribution in [1.82, 2.24) is 0 Å². The van der Waals surface area contributed by atoms with Crippen LogP contribution in [0.25, 0.3) is 0 Å². The van der Waals surface area contributed by atoms with Crippen molar-refractivity contribution < 1.29 is 4.79 Å². The zero-order valence-electron chi connectivity index (χ0n) is 8.79. The van der Waals surface area contributed by atoms with Gasteiger partial charge in [0, 0.05) is 17.4 Å². The van der Waals surface area contributed by atoms with Gasteiger partial charge in [-0.25, -0.2) is 0 Å². The Bertz CT molecular complexity index is 469. The molecule has 6 heteroatoms. The van der Waals surface area contributed by atoms with E-state index in [4.69, 9.17) is 23.2 Å². The lowest BCUT2D eigenvalue weighted by Crippen LogP contribution is -2.25. The molecule has 1 saturated heterocycles. The van der Waals surface area contributed by atoms with Crippen molar-refractivity contribution in [1.29, 1.82) is 0 Å². The lowest BCUT2D eigenvalue weighted by molar-refractivity contribution is -0.117. The molecule has 1 fully saturated rings. The van der Waals surface area contributed by atoms with E-state index in [1.54, 1.807) is 17.0 Å². The molecule has 0 N–H and O–H groups in total. The summed E-state index contributed by atoms with van der Waals surface area (Å²) in [5.74, 6) is 1.05. The number of carbonyl (C=O) groups is 1. The predicted molar refractivity (Wildman–Crippen MR) is 78.5 cm³/mol. The Labute approximate surface area is 124 Å². The van der Waals surface area contributed by atoms with Crippen LogP contribution in [0.2, 0.25) is 10.0 Å². The van der Waals surface area contributed by atoms with Gasteiger partial charge in [-0.2, -0.15) is 12.6 Å². The number of benzene rings is 1. The van der Waals surface area contributed by atoms with Crippen LogP contribution in [-0.2, 0) is 4.79 Å². The monoisotopic (exact) mass is 353 g/mol. The summed E-state index contributed by atoms with van der Waals surface area (Å²) < 4.78 is 0.727. The van der Waals surface area contributed by atoms with Gasteiger partial charge in [-0.15, -0.1) is 0 Å². The molecule has 1 aromatic carbocycles. The fraction of sp³-hybridized carbons (Fsp3) is 0.364. The minimum Gasteiger partial charge on any atom is -0.311 e. The highest BCUT2D eigenvalue weighted by Crippen LogP contribution is 2.39. The Morgan fingerprint density at radius 1 is 1.41 bits per heavy atom. The number of thiol groups is 1. The van der Waals surface area contributed by atoms with Crippen molar-refractivity contribution in [2.75, 3.05) is 17.2 Å². The van der Waals surface area contributed by atoms with Gasteiger partial charge in [0.15, 0.2) is 0 Å². The minimum absolute atomic E-state index is 0.0735. The Balaban J connectivity index is 2.35. The van der Waals surface area contributed by atoms with Gasteiger partial charge in [-0.1, -0.05) is 23.2 Å². The van der Waals surface area contributed by atoms with Gasteiger partial charge in [-0.3, -0.25) is 4.79 Å². The number of nitrogens with zero attached hydrogens (tertiary/aromatic N) is 1. The molecular formula is C11H10BrCl2NOS. The Hall–Kier alpha value is 0.1000. The summed E-state index contributed by atoms with van der Waals surface area (Å²) in [6, 6.07) is 3.60. The van der Waals surface area contributed by atoms with E-state index in [9.17, 15) is 4.79 Å². The molecule has 0 aliphatic carbocycles. The van der Waals surface area contributed by atoms with Crippen LogP contribution >= 0.6 is 51.8 Å². The van der Waals surface area contributed by atoms with E-state index in [0.29, 0.717) is 34.5 Å². The molecule has 0 spiro atoms. The third-order valence-corrected chi connectivity index (χ3v) is 5.05. The van der Waals surface area contributed by atoms with E-state index in [1.165, 1.54) is 0 Å². The van der Waals surface area contributed by atoms with Crippen molar-refractivity contribution in [2.24, 2.45) is 5.92 Å². The van der Waals surface area contributed by atoms with Crippen molar-refractivity contribution in [2.45, 2.75) is 6.42 Å². The van der Waals surface area contributed by atoms with Gasteiger partial charge < -0.3 is 4.90 Å². The van der Waals surface area contributed by atoms with Gasteiger partial charge in [-0.05, 0) is 39.7 Å². The molecule has 1 atom stereocenters. The number of rotatable bonds is 2. The molecule has 0 bridgehead atoms. The molecule has 1 aliphatic rings. The van der Waals surface area contributed by atoms with Crippen LogP contribution in [0.4, 0.5) is 5.69 Å². The molecule has 1 aliphatic heterocycles. The topological polar surface area (TPSA) is 20.3 Å². The number of hydrogen-bond donors (Lipinski definition) is 1. The SMILES string of the molecule is O=C1CC(CS)CN1c1ccc(Br)c(Cl)c1Cl. The number of halogens is 3. The summed E-state index contributed by atoms with van der Waals surface area (Å²) in [5, 5.41) is 0.848. The Morgan fingerprint density at radius 3 is 2.71 bits per heavy atom. The second kappa shape index (κ2) is 5.39. The number of hydrogen-bond acceptors (Lipinski definition) is 2. The zero-order valence-corrected chi connectivity index (χ0v) is 12.8. The van der Waals surface area contributed by atoms with Gasteiger partial charge >= 0.3 is 0 Å². The average molecular weight is 355 g/mol. The summed E-state index contributed by atoms with van der Waals surface area (Å²) in [6.07, 6.45) is 0.521. The number of carbonyl (C=O) groups excluding carboxylic acids is 1. The highest BCUT2D eigenvalue weighted by molar-refractivity contribution is 9.10. The van der Waals surface area contributed by atoms with Crippen molar-refractivity contribution in [3.8, 4) is 0 Å². The molecular weight excluding hydrogens is 345 g/mol. The summed E-state index contributed by atoms with van der Waals surface area (Å²) in [6.45, 7) is 0.653. The Kier molecular flexibility index (Phi) is 4.29. The van der Waals surface area contributed by atoms with Gasteiger partial charge in [0.25, 0.3) is 0 Å². The first kappa shape index (κ1) is 13.5. The summed E-state index contributed by atoms with van der Waals surface area (Å²) >= 11 is 19.7. The molecule has 1 heterocycles. The normalized spacial score (nSPS) is 20.1. The molecule has 0 saturated carbocycles. The minimum atomic E-state index is 0.0735. The maximum atomic E-state index is 11.9. The van der Waals surface area contributed by atoms with Crippen LogP contribution in [0.1, 0.15) is 6.42 Å². The third kappa shape index (κ3) is 2.60. The van der Waals surface area contributed by atoms with E-state index < -0.39 is 0 Å². The fourth-order valence-electron chi connectivity index (χ4n) is 1.86. The van der Waals surface area contributed by atoms with Crippen LogP contribution < -0.4 is 4.90 Å². The van der Waals surface area contributed by atoms with Gasteiger partial charge in [0.05, 0.1) is 15.7 Å². The second-order valence-electron chi connectivity index (χ2n) is 3.95. The van der Waals surface area contributed by atoms with Crippen molar-refractivity contribution >= 4 is 63.4 Å². The predicted octanol–water partition coefficient (Wildman–Crippen LogP) is 4.04. The molecule has 1 aromatic rings. The van der Waals surface area contributed by atoms with E-state index >= 15 is 0 Å². The molecule has 0 aromatic heterocycles. The maximum absolute atomic E-state index is 11.9. The second-order valence-corrected chi connectivity index (χ2v) is 5.93. The quantitative estimate of drug-likeness (QED) is 0.627. The highest BCUT2D eigenvalue weighted by atomic mass is 79.9. The van der Waals surface area contributed by atoms with E-state index in [1.807, 2.05) is 0 Å². The lowest BCUT2D eigenvalue weighted by atomic mass is 10.1. The summed E-state index contributed by atoms with van der Waals surface area (Å²) in [7, 11) is 0. The van der Waals surface area contributed by atoms with Crippen LogP contribution in [0, 0.1) is 5.92 Å². The van der Waals surface area contributed by atoms with Crippen LogP contribution in [0.5, 0.6) is 0 Å². The lowest BCUT2D eigenvalue weighted by Gasteiger charge is -2.19. The van der Waals surface area contributed by atoms with Crippen LogP contribution in [-0.4, -0.2) is 18.2 Å². The van der Waals surface area contributed by atoms with Crippen LogP contribution in [0.15, 0.2) is 16.6 Å². The fourth-order valence-corrected chi connectivity index (χ4v) is 2.98. The first-order valence-corrected chi connectivity index (χ1v) is 7.27. The van der Waals surface area contributed by atoms with Crippen LogP contribution in [0.3, 0.4) is 0 Å². The number of anilines is 1.